The molecule has 1 heteroatoms. The van der Waals surface area contributed by atoms with Gasteiger partial charge in [-0.15, -0.1) is 0 Å². The van der Waals surface area contributed by atoms with E-state index in [1.807, 2.05) is 32.1 Å². The van der Waals surface area contributed by atoms with Gasteiger partial charge in [-0.1, -0.05) is 30.4 Å². The molecular weight excluding hydrogens is 158 g/mol. The van der Waals surface area contributed by atoms with Crippen LogP contribution in [0.25, 0.3) is 0 Å². The van der Waals surface area contributed by atoms with Gasteiger partial charge in [-0.05, 0) is 25.8 Å². The van der Waals surface area contributed by atoms with Gasteiger partial charge in [0.05, 0.1) is 12.0 Å². The molecule has 0 radical (unpaired) electrons. The highest BCUT2D eigenvalue weighted by atomic mass is 14.4. The maximum Gasteiger partial charge on any atom is 0.0662 e. The number of nitrogens with zero attached hydrogens (tertiary/aromatic N) is 1. The van der Waals surface area contributed by atoms with Gasteiger partial charge in [0.25, 0.3) is 0 Å². The minimum Gasteiger partial charge on any atom is -0.198 e. The number of hydrogen-bond acceptors (Lipinski definition) is 1. The van der Waals surface area contributed by atoms with E-state index in [1.165, 1.54) is 5.57 Å². The molecule has 0 aromatic heterocycles. The molecule has 2 atom stereocenters. The van der Waals surface area contributed by atoms with Crippen LogP contribution in [-0.2, 0) is 0 Å². The molecule has 1 aliphatic carbocycles. The monoisotopic (exact) mass is 173 g/mol. The van der Waals surface area contributed by atoms with Crippen molar-refractivity contribution < 1.29 is 0 Å². The summed E-state index contributed by atoms with van der Waals surface area (Å²) in [5, 5.41) is 8.68. The van der Waals surface area contributed by atoms with E-state index >= 15 is 0 Å². The second kappa shape index (κ2) is 4.67. The Labute approximate surface area is 80.1 Å². The summed E-state index contributed by atoms with van der Waals surface area (Å²) < 4.78 is 0. The zero-order chi connectivity index (χ0) is 9.68. The van der Waals surface area contributed by atoms with Crippen molar-refractivity contribution in [3.05, 3.63) is 36.0 Å². The van der Waals surface area contributed by atoms with Crippen LogP contribution in [0.4, 0.5) is 0 Å². The van der Waals surface area contributed by atoms with Gasteiger partial charge in [-0.25, -0.2) is 0 Å². The summed E-state index contributed by atoms with van der Waals surface area (Å²) in [5.41, 5.74) is 1.30. The quantitative estimate of drug-likeness (QED) is 0.601. The van der Waals surface area contributed by atoms with E-state index in [1.54, 1.807) is 0 Å². The smallest absolute Gasteiger partial charge is 0.0662 e. The molecule has 1 fully saturated rings. The van der Waals surface area contributed by atoms with Crippen LogP contribution >= 0.6 is 0 Å². The average molecular weight is 173 g/mol. The summed E-state index contributed by atoms with van der Waals surface area (Å²) in [6, 6.07) is 2.30. The molecular formula is C12H15N. The first-order chi connectivity index (χ1) is 6.33. The third-order valence-corrected chi connectivity index (χ3v) is 2.31. The zero-order valence-electron chi connectivity index (χ0n) is 8.20. The fourth-order valence-electron chi connectivity index (χ4n) is 1.42. The third kappa shape index (κ3) is 2.59. The van der Waals surface area contributed by atoms with Crippen molar-refractivity contribution >= 4 is 0 Å². The van der Waals surface area contributed by atoms with E-state index in [9.17, 15) is 0 Å². The van der Waals surface area contributed by atoms with Gasteiger partial charge in [-0.2, -0.15) is 5.26 Å². The molecule has 0 saturated heterocycles. The molecule has 0 amide bonds. The van der Waals surface area contributed by atoms with Crippen molar-refractivity contribution in [3.8, 4) is 6.07 Å². The van der Waals surface area contributed by atoms with Gasteiger partial charge in [-0.3, -0.25) is 0 Å². The van der Waals surface area contributed by atoms with E-state index in [2.05, 4.69) is 18.2 Å². The maximum atomic E-state index is 8.68. The minimum absolute atomic E-state index is 0.265. The van der Waals surface area contributed by atoms with Crippen LogP contribution in [0.3, 0.4) is 0 Å². The Morgan fingerprint density at radius 2 is 2.15 bits per heavy atom. The minimum atomic E-state index is 0.265. The van der Waals surface area contributed by atoms with Crippen LogP contribution in [-0.4, -0.2) is 0 Å². The molecule has 13 heavy (non-hydrogen) atoms. The van der Waals surface area contributed by atoms with Crippen LogP contribution in [0.1, 0.15) is 20.3 Å². The van der Waals surface area contributed by atoms with E-state index < -0.39 is 0 Å². The Hall–Kier alpha value is -1.29. The predicted molar refractivity (Wildman–Crippen MR) is 54.9 cm³/mol. The average Bonchev–Trinajstić information content (AvgIpc) is 2.92. The van der Waals surface area contributed by atoms with Crippen LogP contribution in [0.2, 0.25) is 0 Å². The van der Waals surface area contributed by atoms with Crippen molar-refractivity contribution in [1.29, 1.82) is 5.26 Å². The molecule has 0 aromatic carbocycles. The van der Waals surface area contributed by atoms with Gasteiger partial charge in [0.2, 0.25) is 0 Å². The van der Waals surface area contributed by atoms with E-state index in [0.29, 0.717) is 5.92 Å². The van der Waals surface area contributed by atoms with Crippen molar-refractivity contribution in [2.24, 2.45) is 11.8 Å². The topological polar surface area (TPSA) is 23.8 Å². The van der Waals surface area contributed by atoms with Crippen molar-refractivity contribution in [2.45, 2.75) is 20.3 Å². The Morgan fingerprint density at radius 1 is 1.38 bits per heavy atom. The van der Waals surface area contributed by atoms with Crippen molar-refractivity contribution in [3.63, 3.8) is 0 Å². The van der Waals surface area contributed by atoms with Gasteiger partial charge < -0.3 is 0 Å². The van der Waals surface area contributed by atoms with Crippen LogP contribution < -0.4 is 0 Å². The largest absolute Gasteiger partial charge is 0.198 e. The number of nitriles is 1. The Bertz CT molecular complexity index is 289. The summed E-state index contributed by atoms with van der Waals surface area (Å²) in [6.45, 7) is 4.02. The Morgan fingerprint density at radius 3 is 2.62 bits per heavy atom. The molecule has 0 aromatic rings. The summed E-state index contributed by atoms with van der Waals surface area (Å²) in [7, 11) is 0. The highest BCUT2D eigenvalue weighted by Gasteiger charge is 2.38. The second-order valence-corrected chi connectivity index (χ2v) is 3.25. The highest BCUT2D eigenvalue weighted by Crippen LogP contribution is 2.43. The molecule has 68 valence electrons. The molecule has 0 spiro atoms. The van der Waals surface area contributed by atoms with Gasteiger partial charge in [0.1, 0.15) is 0 Å². The summed E-state index contributed by atoms with van der Waals surface area (Å²) in [5.74, 6) is 0.762. The van der Waals surface area contributed by atoms with Crippen LogP contribution in [0, 0.1) is 23.2 Å². The molecule has 1 nitrogen and oxygen atoms in total. The normalized spacial score (nSPS) is 28.2. The van der Waals surface area contributed by atoms with Crippen molar-refractivity contribution in [1.82, 2.24) is 0 Å². The third-order valence-electron chi connectivity index (χ3n) is 2.31. The Kier molecular flexibility index (Phi) is 3.52. The molecule has 0 aliphatic heterocycles. The van der Waals surface area contributed by atoms with Gasteiger partial charge in [0.15, 0.2) is 0 Å². The zero-order valence-corrected chi connectivity index (χ0v) is 8.20. The standard InChI is InChI=1S/C12H15N/c1-3-5-6-7-10(4-2)12-8-11(12)9-13/h3-7,11-12H,8H2,1-2H3/b5-3-,7-6-,10-4+. The first-order valence-corrected chi connectivity index (χ1v) is 4.68. The second-order valence-electron chi connectivity index (χ2n) is 3.25. The lowest BCUT2D eigenvalue weighted by molar-refractivity contribution is 0.958. The van der Waals surface area contributed by atoms with E-state index in [4.69, 9.17) is 5.26 Å². The molecule has 1 rings (SSSR count). The predicted octanol–water partition coefficient (Wildman–Crippen LogP) is 3.22. The fourth-order valence-corrected chi connectivity index (χ4v) is 1.42. The fraction of sp³-hybridized carbons (Fsp3) is 0.417. The lowest BCUT2D eigenvalue weighted by atomic mass is 10.1. The lowest BCUT2D eigenvalue weighted by Crippen LogP contribution is -1.82. The van der Waals surface area contributed by atoms with E-state index in [-0.39, 0.29) is 5.92 Å². The van der Waals surface area contributed by atoms with Crippen molar-refractivity contribution in [2.75, 3.05) is 0 Å². The number of rotatable bonds is 3. The molecule has 2 unspecified atom stereocenters. The van der Waals surface area contributed by atoms with Crippen LogP contribution in [0.5, 0.6) is 0 Å². The summed E-state index contributed by atoms with van der Waals surface area (Å²) >= 11 is 0. The molecule has 1 aliphatic rings. The first-order valence-electron chi connectivity index (χ1n) is 4.68. The first kappa shape index (κ1) is 9.80. The molecule has 0 heterocycles. The SMILES string of the molecule is C\C=C/C=C\C(=C/C)C1CC1C#N. The summed E-state index contributed by atoms with van der Waals surface area (Å²) in [4.78, 5) is 0. The molecule has 1 saturated carbocycles. The molecule has 0 bridgehead atoms. The number of allylic oxidation sites excluding steroid dienone is 6. The van der Waals surface area contributed by atoms with Crippen LogP contribution in [0.15, 0.2) is 36.0 Å². The lowest BCUT2D eigenvalue weighted by Gasteiger charge is -1.95. The highest BCUT2D eigenvalue weighted by molar-refractivity contribution is 5.31. The number of hydrogen-bond donors (Lipinski definition) is 0. The molecule has 0 N–H and O–H groups in total. The van der Waals surface area contributed by atoms with Gasteiger partial charge >= 0.3 is 0 Å². The maximum absolute atomic E-state index is 8.68. The van der Waals surface area contributed by atoms with Gasteiger partial charge in [0, 0.05) is 5.92 Å². The summed E-state index contributed by atoms with van der Waals surface area (Å²) in [6.07, 6.45) is 11.3. The van der Waals surface area contributed by atoms with E-state index in [0.717, 1.165) is 6.42 Å². The Balaban J connectivity index is 2.52.